The lowest BCUT2D eigenvalue weighted by Crippen LogP contribution is -2.24. The van der Waals surface area contributed by atoms with Gasteiger partial charge in [0.2, 0.25) is 0 Å². The number of hydrogen-bond acceptors (Lipinski definition) is 2. The van der Waals surface area contributed by atoms with Gasteiger partial charge < -0.3 is 15.4 Å². The molecule has 0 radical (unpaired) electrons. The fourth-order valence-corrected chi connectivity index (χ4v) is 1.91. The average Bonchev–Trinajstić information content (AvgIpc) is 2.48. The molecule has 0 saturated heterocycles. The Morgan fingerprint density at radius 1 is 1.05 bits per heavy atom. The molecule has 0 aliphatic rings. The highest BCUT2D eigenvalue weighted by molar-refractivity contribution is 7.80. The largest absolute Gasteiger partial charge is 0.495 e. The molecular formula is C15H16N2OS. The van der Waals surface area contributed by atoms with Gasteiger partial charge in [-0.25, -0.2) is 0 Å². The number of methoxy groups -OCH3 is 1. The smallest absolute Gasteiger partial charge is 0.170 e. The van der Waals surface area contributed by atoms with Crippen LogP contribution in [-0.4, -0.2) is 19.3 Å². The van der Waals surface area contributed by atoms with E-state index in [0.717, 1.165) is 22.6 Å². The molecule has 0 fully saturated rings. The molecular weight excluding hydrogens is 256 g/mol. The van der Waals surface area contributed by atoms with Crippen molar-refractivity contribution in [2.24, 2.45) is 0 Å². The Balaban J connectivity index is 2.38. The lowest BCUT2D eigenvalue weighted by Gasteiger charge is -2.13. The van der Waals surface area contributed by atoms with Crippen molar-refractivity contribution < 1.29 is 4.74 Å². The van der Waals surface area contributed by atoms with Crippen LogP contribution in [-0.2, 0) is 0 Å². The van der Waals surface area contributed by atoms with Crippen LogP contribution in [0, 0.1) is 0 Å². The molecule has 0 amide bonds. The summed E-state index contributed by atoms with van der Waals surface area (Å²) in [5, 5.41) is 6.56. The molecule has 0 aliphatic carbocycles. The number of thiocarbonyl (C=S) groups is 1. The van der Waals surface area contributed by atoms with Crippen LogP contribution in [0.15, 0.2) is 48.5 Å². The molecule has 0 saturated carbocycles. The van der Waals surface area contributed by atoms with E-state index in [1.165, 1.54) is 0 Å². The average molecular weight is 272 g/mol. The molecule has 3 nitrogen and oxygen atoms in total. The summed E-state index contributed by atoms with van der Waals surface area (Å²) in [6, 6.07) is 16.2. The number of ether oxygens (including phenoxy) is 1. The number of nitrogens with one attached hydrogen (secondary N) is 2. The van der Waals surface area contributed by atoms with Gasteiger partial charge in [-0.3, -0.25) is 0 Å². The fourth-order valence-electron chi connectivity index (χ4n) is 1.80. The van der Waals surface area contributed by atoms with E-state index in [1.54, 1.807) is 14.2 Å². The summed E-state index contributed by atoms with van der Waals surface area (Å²) in [4.78, 5) is 0. The van der Waals surface area contributed by atoms with Gasteiger partial charge in [0.05, 0.1) is 12.8 Å². The van der Waals surface area contributed by atoms with Crippen LogP contribution in [0.1, 0.15) is 0 Å². The molecule has 98 valence electrons. The van der Waals surface area contributed by atoms with Crippen molar-refractivity contribution in [3.05, 3.63) is 48.5 Å². The van der Waals surface area contributed by atoms with Crippen molar-refractivity contribution in [2.75, 3.05) is 19.5 Å². The second-order valence-electron chi connectivity index (χ2n) is 3.99. The molecule has 0 spiro atoms. The van der Waals surface area contributed by atoms with E-state index in [0.29, 0.717) is 5.11 Å². The third-order valence-electron chi connectivity index (χ3n) is 2.78. The van der Waals surface area contributed by atoms with Gasteiger partial charge >= 0.3 is 0 Å². The minimum atomic E-state index is 0.559. The van der Waals surface area contributed by atoms with E-state index in [2.05, 4.69) is 22.8 Å². The van der Waals surface area contributed by atoms with Gasteiger partial charge in [-0.05, 0) is 35.5 Å². The van der Waals surface area contributed by atoms with Crippen LogP contribution in [0.25, 0.3) is 11.1 Å². The second kappa shape index (κ2) is 6.20. The lowest BCUT2D eigenvalue weighted by atomic mass is 10.0. The van der Waals surface area contributed by atoms with Gasteiger partial charge in [-0.1, -0.05) is 36.4 Å². The Labute approximate surface area is 118 Å². The molecule has 0 aliphatic heterocycles. The van der Waals surface area contributed by atoms with Crippen molar-refractivity contribution in [3.63, 3.8) is 0 Å². The van der Waals surface area contributed by atoms with Crippen molar-refractivity contribution in [1.29, 1.82) is 0 Å². The minimum absolute atomic E-state index is 0.559. The summed E-state index contributed by atoms with van der Waals surface area (Å²) in [5.74, 6) is 0.761. The Morgan fingerprint density at radius 3 is 2.42 bits per heavy atom. The van der Waals surface area contributed by atoms with Gasteiger partial charge in [0.1, 0.15) is 5.75 Å². The number of rotatable bonds is 3. The molecule has 2 aromatic carbocycles. The molecule has 2 N–H and O–H groups in total. The summed E-state index contributed by atoms with van der Waals surface area (Å²) in [6.45, 7) is 0. The van der Waals surface area contributed by atoms with Crippen LogP contribution in [0.2, 0.25) is 0 Å². The lowest BCUT2D eigenvalue weighted by molar-refractivity contribution is 0.417. The molecule has 0 atom stereocenters. The summed E-state index contributed by atoms with van der Waals surface area (Å²) < 4.78 is 5.33. The van der Waals surface area contributed by atoms with Crippen LogP contribution < -0.4 is 15.4 Å². The highest BCUT2D eigenvalue weighted by Crippen LogP contribution is 2.30. The third kappa shape index (κ3) is 3.23. The Morgan fingerprint density at radius 2 is 1.79 bits per heavy atom. The molecule has 0 aromatic heterocycles. The van der Waals surface area contributed by atoms with Gasteiger partial charge in [-0.15, -0.1) is 0 Å². The van der Waals surface area contributed by atoms with Crippen LogP contribution in [0.3, 0.4) is 0 Å². The molecule has 4 heteroatoms. The normalized spacial score (nSPS) is 9.79. The molecule has 0 heterocycles. The van der Waals surface area contributed by atoms with Gasteiger partial charge in [-0.2, -0.15) is 0 Å². The highest BCUT2D eigenvalue weighted by Gasteiger charge is 2.06. The van der Waals surface area contributed by atoms with Crippen LogP contribution >= 0.6 is 12.2 Å². The molecule has 19 heavy (non-hydrogen) atoms. The Kier molecular flexibility index (Phi) is 4.36. The molecule has 0 bridgehead atoms. The van der Waals surface area contributed by atoms with Crippen molar-refractivity contribution in [3.8, 4) is 16.9 Å². The summed E-state index contributed by atoms with van der Waals surface area (Å²) >= 11 is 5.13. The molecule has 2 rings (SSSR count). The van der Waals surface area contributed by atoms with E-state index >= 15 is 0 Å². The summed E-state index contributed by atoms with van der Waals surface area (Å²) in [7, 11) is 3.42. The van der Waals surface area contributed by atoms with Gasteiger partial charge in [0, 0.05) is 7.05 Å². The maximum atomic E-state index is 5.33. The zero-order valence-electron chi connectivity index (χ0n) is 10.9. The first kappa shape index (κ1) is 13.4. The van der Waals surface area contributed by atoms with Crippen LogP contribution in [0.5, 0.6) is 5.75 Å². The maximum Gasteiger partial charge on any atom is 0.170 e. The van der Waals surface area contributed by atoms with Gasteiger partial charge in [0.15, 0.2) is 5.11 Å². The van der Waals surface area contributed by atoms with E-state index in [9.17, 15) is 0 Å². The quantitative estimate of drug-likeness (QED) is 0.840. The zero-order valence-corrected chi connectivity index (χ0v) is 11.8. The topological polar surface area (TPSA) is 33.3 Å². The van der Waals surface area contributed by atoms with Crippen molar-refractivity contribution in [1.82, 2.24) is 5.32 Å². The first-order valence-electron chi connectivity index (χ1n) is 5.97. The molecule has 2 aromatic rings. The Hall–Kier alpha value is -2.07. The first-order chi connectivity index (χ1) is 9.24. The van der Waals surface area contributed by atoms with Crippen molar-refractivity contribution >= 4 is 23.0 Å². The number of hydrogen-bond donors (Lipinski definition) is 2. The standard InChI is InChI=1S/C15H16N2OS/c1-16-15(19)17-13-10-12(8-9-14(13)18-2)11-6-4-3-5-7-11/h3-10H,1-2H3,(H2,16,17,19). The number of anilines is 1. The SMILES string of the molecule is CNC(=S)Nc1cc(-c2ccccc2)ccc1OC. The predicted octanol–water partition coefficient (Wildman–Crippen LogP) is 3.28. The van der Waals surface area contributed by atoms with E-state index in [-0.39, 0.29) is 0 Å². The van der Waals surface area contributed by atoms with E-state index in [4.69, 9.17) is 17.0 Å². The summed E-state index contributed by atoms with van der Waals surface area (Å²) in [5.41, 5.74) is 3.12. The second-order valence-corrected chi connectivity index (χ2v) is 4.39. The number of benzene rings is 2. The molecule has 0 unspecified atom stereocenters. The third-order valence-corrected chi connectivity index (χ3v) is 3.09. The minimum Gasteiger partial charge on any atom is -0.495 e. The highest BCUT2D eigenvalue weighted by atomic mass is 32.1. The van der Waals surface area contributed by atoms with E-state index < -0.39 is 0 Å². The predicted molar refractivity (Wildman–Crippen MR) is 83.7 cm³/mol. The fraction of sp³-hybridized carbons (Fsp3) is 0.133. The maximum absolute atomic E-state index is 5.33. The summed E-state index contributed by atoms with van der Waals surface area (Å²) in [6.07, 6.45) is 0. The van der Waals surface area contributed by atoms with Crippen LogP contribution in [0.4, 0.5) is 5.69 Å². The van der Waals surface area contributed by atoms with Crippen molar-refractivity contribution in [2.45, 2.75) is 0 Å². The monoisotopic (exact) mass is 272 g/mol. The Bertz CT molecular complexity index is 570. The van der Waals surface area contributed by atoms with E-state index in [1.807, 2.05) is 36.4 Å². The van der Waals surface area contributed by atoms with Gasteiger partial charge in [0.25, 0.3) is 0 Å². The zero-order chi connectivity index (χ0) is 13.7. The first-order valence-corrected chi connectivity index (χ1v) is 6.37.